The highest BCUT2D eigenvalue weighted by Gasteiger charge is 2.21. The van der Waals surface area contributed by atoms with Crippen molar-refractivity contribution >= 4 is 34.9 Å². The summed E-state index contributed by atoms with van der Waals surface area (Å²) in [5, 5.41) is 26.5. The monoisotopic (exact) mass is 567 g/mol. The van der Waals surface area contributed by atoms with Gasteiger partial charge in [0.15, 0.2) is 11.6 Å². The van der Waals surface area contributed by atoms with Crippen LogP contribution in [0.25, 0.3) is 22.4 Å². The van der Waals surface area contributed by atoms with Crippen molar-refractivity contribution < 1.29 is 19.1 Å². The lowest BCUT2D eigenvalue weighted by Gasteiger charge is -2.15. The quantitative estimate of drug-likeness (QED) is 0.178. The Labute approximate surface area is 238 Å². The molecule has 0 bridgehead atoms. The standard InChI is InChI=1S/C29H22ClN7O4/c30-17-6-7-20(25(38)10-17)24-12-21(22(13-31)27(36-24)37-29(40)26-5-2-8-41-26)16-3-1-4-18(9-16)35-28(39)23(32)11-19-14-33-15-34-19/h1-10,12,14-15,23,38H,11,32H2,(H,33,34)(H,35,39)(H,36,37,40)/t23-/m1/s1. The first-order valence-electron chi connectivity index (χ1n) is 12.3. The average Bonchev–Trinajstić information content (AvgIpc) is 3.68. The van der Waals surface area contributed by atoms with Crippen molar-refractivity contribution in [3.05, 3.63) is 101 Å². The maximum Gasteiger partial charge on any atom is 0.292 e. The van der Waals surface area contributed by atoms with Crippen LogP contribution < -0.4 is 16.4 Å². The van der Waals surface area contributed by atoms with Crippen LogP contribution >= 0.6 is 11.6 Å². The molecule has 5 aromatic rings. The number of nitrogens with zero attached hydrogens (tertiary/aromatic N) is 3. The molecule has 2 aromatic carbocycles. The number of carbonyl (C=O) groups excluding carboxylic acids is 2. The van der Waals surface area contributed by atoms with E-state index in [4.69, 9.17) is 21.8 Å². The maximum absolute atomic E-state index is 12.8. The van der Waals surface area contributed by atoms with Crippen molar-refractivity contribution in [1.29, 1.82) is 5.26 Å². The molecule has 5 rings (SSSR count). The van der Waals surface area contributed by atoms with Gasteiger partial charge in [-0.05, 0) is 54.1 Å². The number of pyridine rings is 1. The minimum absolute atomic E-state index is 0.0214. The Morgan fingerprint density at radius 3 is 2.68 bits per heavy atom. The van der Waals surface area contributed by atoms with E-state index in [0.717, 1.165) is 5.69 Å². The van der Waals surface area contributed by atoms with E-state index in [1.807, 2.05) is 0 Å². The van der Waals surface area contributed by atoms with E-state index < -0.39 is 17.9 Å². The number of phenols is 1. The Bertz CT molecular complexity index is 1760. The number of carbonyl (C=O) groups is 2. The molecular weight excluding hydrogens is 546 g/mol. The number of rotatable bonds is 8. The number of anilines is 2. The Morgan fingerprint density at radius 1 is 1.12 bits per heavy atom. The summed E-state index contributed by atoms with van der Waals surface area (Å²) < 4.78 is 5.17. The van der Waals surface area contributed by atoms with Gasteiger partial charge in [-0.15, -0.1) is 0 Å². The summed E-state index contributed by atoms with van der Waals surface area (Å²) in [4.78, 5) is 36.9. The number of amides is 2. The molecule has 2 amide bonds. The molecule has 0 aliphatic carbocycles. The maximum atomic E-state index is 12.8. The number of nitrogens with one attached hydrogen (secondary N) is 3. The Kier molecular flexibility index (Phi) is 7.78. The van der Waals surface area contributed by atoms with Gasteiger partial charge in [0.05, 0.1) is 24.3 Å². The van der Waals surface area contributed by atoms with Crippen LogP contribution in [0.15, 0.2) is 83.9 Å². The fourth-order valence-corrected chi connectivity index (χ4v) is 4.30. The third-order valence-electron chi connectivity index (χ3n) is 6.12. The third kappa shape index (κ3) is 6.09. The van der Waals surface area contributed by atoms with Crippen LogP contribution in [0.5, 0.6) is 5.75 Å². The first-order valence-corrected chi connectivity index (χ1v) is 12.6. The number of nitriles is 1. The first-order chi connectivity index (χ1) is 19.8. The van der Waals surface area contributed by atoms with Gasteiger partial charge in [0, 0.05) is 40.1 Å². The van der Waals surface area contributed by atoms with Gasteiger partial charge in [-0.3, -0.25) is 9.59 Å². The predicted molar refractivity (Wildman–Crippen MR) is 152 cm³/mol. The van der Waals surface area contributed by atoms with Gasteiger partial charge in [0.1, 0.15) is 17.4 Å². The van der Waals surface area contributed by atoms with Crippen LogP contribution in [0.4, 0.5) is 11.5 Å². The summed E-state index contributed by atoms with van der Waals surface area (Å²) in [5.74, 6) is -1.20. The minimum atomic E-state index is -0.836. The Balaban J connectivity index is 1.54. The number of nitrogens with two attached hydrogens (primary N) is 1. The van der Waals surface area contributed by atoms with E-state index in [1.54, 1.807) is 54.7 Å². The van der Waals surface area contributed by atoms with Crippen LogP contribution in [0.2, 0.25) is 5.02 Å². The van der Waals surface area contributed by atoms with Crippen molar-refractivity contribution in [3.8, 4) is 34.2 Å². The van der Waals surface area contributed by atoms with E-state index in [9.17, 15) is 20.0 Å². The summed E-state index contributed by atoms with van der Waals surface area (Å²) in [6.45, 7) is 0. The number of aromatic hydroxyl groups is 1. The predicted octanol–water partition coefficient (Wildman–Crippen LogP) is 4.72. The number of benzene rings is 2. The molecule has 0 saturated carbocycles. The van der Waals surface area contributed by atoms with Gasteiger partial charge in [0.2, 0.25) is 5.91 Å². The highest BCUT2D eigenvalue weighted by Crippen LogP contribution is 2.37. The molecule has 0 aliphatic rings. The van der Waals surface area contributed by atoms with Crippen LogP contribution in [-0.2, 0) is 11.2 Å². The van der Waals surface area contributed by atoms with E-state index in [2.05, 4.69) is 31.7 Å². The molecule has 204 valence electrons. The number of aromatic amines is 1. The second kappa shape index (κ2) is 11.7. The molecule has 41 heavy (non-hydrogen) atoms. The number of hydrogen-bond donors (Lipinski definition) is 5. The topological polar surface area (TPSA) is 183 Å². The lowest BCUT2D eigenvalue weighted by atomic mass is 9.97. The van der Waals surface area contributed by atoms with Gasteiger partial charge in [-0.1, -0.05) is 23.7 Å². The lowest BCUT2D eigenvalue weighted by Crippen LogP contribution is -2.37. The zero-order valence-electron chi connectivity index (χ0n) is 21.3. The second-order valence-corrected chi connectivity index (χ2v) is 9.38. The number of aromatic nitrogens is 3. The molecule has 3 aromatic heterocycles. The largest absolute Gasteiger partial charge is 0.507 e. The van der Waals surface area contributed by atoms with Gasteiger partial charge < -0.3 is 30.9 Å². The molecule has 6 N–H and O–H groups in total. The lowest BCUT2D eigenvalue weighted by molar-refractivity contribution is -0.117. The molecule has 0 unspecified atom stereocenters. The molecule has 1 atom stereocenters. The zero-order chi connectivity index (χ0) is 28.9. The van der Waals surface area contributed by atoms with Crippen LogP contribution in [0.1, 0.15) is 21.8 Å². The summed E-state index contributed by atoms with van der Waals surface area (Å²) in [6, 6.07) is 17.2. The fraction of sp³-hybridized carbons (Fsp3) is 0.0690. The molecule has 0 fully saturated rings. The van der Waals surface area contributed by atoms with E-state index in [-0.39, 0.29) is 35.0 Å². The van der Waals surface area contributed by atoms with E-state index >= 15 is 0 Å². The third-order valence-corrected chi connectivity index (χ3v) is 6.35. The second-order valence-electron chi connectivity index (χ2n) is 8.94. The number of furan rings is 1. The number of hydrogen-bond acceptors (Lipinski definition) is 8. The van der Waals surface area contributed by atoms with Crippen molar-refractivity contribution in [3.63, 3.8) is 0 Å². The van der Waals surface area contributed by atoms with Crippen LogP contribution in [0, 0.1) is 11.3 Å². The van der Waals surface area contributed by atoms with Crippen molar-refractivity contribution in [2.75, 3.05) is 10.6 Å². The summed E-state index contributed by atoms with van der Waals surface area (Å²) >= 11 is 6.02. The number of imidazole rings is 1. The van der Waals surface area contributed by atoms with Gasteiger partial charge in [-0.25, -0.2) is 9.97 Å². The normalized spacial score (nSPS) is 11.4. The van der Waals surface area contributed by atoms with E-state index in [1.165, 1.54) is 24.7 Å². The fourth-order valence-electron chi connectivity index (χ4n) is 4.14. The molecule has 11 nitrogen and oxygen atoms in total. The van der Waals surface area contributed by atoms with Crippen molar-refractivity contribution in [2.24, 2.45) is 5.73 Å². The van der Waals surface area contributed by atoms with Crippen LogP contribution in [-0.4, -0.2) is 37.9 Å². The first kappa shape index (κ1) is 27.1. The molecule has 0 saturated heterocycles. The molecular formula is C29H22ClN7O4. The summed E-state index contributed by atoms with van der Waals surface area (Å²) in [7, 11) is 0. The molecule has 3 heterocycles. The number of H-pyrrole nitrogens is 1. The summed E-state index contributed by atoms with van der Waals surface area (Å²) in [5.41, 5.74) is 8.80. The Hall–Kier alpha value is -5.44. The smallest absolute Gasteiger partial charge is 0.292 e. The highest BCUT2D eigenvalue weighted by molar-refractivity contribution is 6.30. The Morgan fingerprint density at radius 2 is 1.98 bits per heavy atom. The zero-order valence-corrected chi connectivity index (χ0v) is 22.0. The van der Waals surface area contributed by atoms with E-state index in [0.29, 0.717) is 27.4 Å². The van der Waals surface area contributed by atoms with Gasteiger partial charge in [0.25, 0.3) is 5.91 Å². The van der Waals surface area contributed by atoms with Gasteiger partial charge in [-0.2, -0.15) is 5.26 Å². The van der Waals surface area contributed by atoms with Gasteiger partial charge >= 0.3 is 0 Å². The SMILES string of the molecule is N#Cc1c(-c2cccc(NC(=O)[C@H](N)Cc3cnc[nH]3)c2)cc(-c2ccc(Cl)cc2O)nc1NC(=O)c1ccco1. The minimum Gasteiger partial charge on any atom is -0.507 e. The molecule has 0 aliphatic heterocycles. The van der Waals surface area contributed by atoms with Crippen molar-refractivity contribution in [1.82, 2.24) is 15.0 Å². The highest BCUT2D eigenvalue weighted by atomic mass is 35.5. The number of halogens is 1. The molecule has 12 heteroatoms. The molecule has 0 spiro atoms. The van der Waals surface area contributed by atoms with Crippen molar-refractivity contribution in [2.45, 2.75) is 12.5 Å². The average molecular weight is 568 g/mol. The number of phenolic OH excluding ortho intramolecular Hbond substituents is 1. The summed E-state index contributed by atoms with van der Waals surface area (Å²) in [6.07, 6.45) is 4.72. The molecule has 0 radical (unpaired) electrons. The van der Waals surface area contributed by atoms with Crippen LogP contribution in [0.3, 0.4) is 0 Å².